The van der Waals surface area contributed by atoms with Crippen molar-refractivity contribution >= 4 is 34.5 Å². The fourth-order valence-corrected chi connectivity index (χ4v) is 2.60. The van der Waals surface area contributed by atoms with Gasteiger partial charge >= 0.3 is 0 Å². The van der Waals surface area contributed by atoms with Crippen LogP contribution < -0.4 is 5.32 Å². The molecule has 0 fully saturated rings. The van der Waals surface area contributed by atoms with E-state index in [1.165, 1.54) is 17.4 Å². The van der Waals surface area contributed by atoms with Crippen LogP contribution in [0, 0.1) is 5.82 Å². The van der Waals surface area contributed by atoms with Crippen LogP contribution in [0.5, 0.6) is 0 Å². The summed E-state index contributed by atoms with van der Waals surface area (Å²) in [6, 6.07) is 8.65. The third-order valence-electron chi connectivity index (χ3n) is 2.24. The first-order chi connectivity index (χ1) is 8.15. The highest BCUT2D eigenvalue weighted by Gasteiger charge is 2.01. The molecule has 1 aromatic carbocycles. The quantitative estimate of drug-likeness (QED) is 0.875. The molecular weight excluding hydrogens is 280 g/mol. The summed E-state index contributed by atoms with van der Waals surface area (Å²) in [7, 11) is 0. The molecule has 2 rings (SSSR count). The van der Waals surface area contributed by atoms with Gasteiger partial charge in [0.25, 0.3) is 0 Å². The Morgan fingerprint density at radius 1 is 1.12 bits per heavy atom. The summed E-state index contributed by atoms with van der Waals surface area (Å²) in [5.74, 6) is -0.384. The van der Waals surface area contributed by atoms with Crippen molar-refractivity contribution in [3.05, 3.63) is 55.9 Å². The van der Waals surface area contributed by atoms with Gasteiger partial charge in [0, 0.05) is 18.0 Å². The molecule has 0 unspecified atom stereocenters. The van der Waals surface area contributed by atoms with Gasteiger partial charge in [0.15, 0.2) is 0 Å². The zero-order valence-electron chi connectivity index (χ0n) is 8.84. The van der Waals surface area contributed by atoms with Gasteiger partial charge in [-0.2, -0.15) is 0 Å². The van der Waals surface area contributed by atoms with Gasteiger partial charge in [-0.3, -0.25) is 0 Å². The van der Waals surface area contributed by atoms with Crippen molar-refractivity contribution in [1.29, 1.82) is 0 Å². The van der Waals surface area contributed by atoms with Crippen LogP contribution in [0.2, 0.25) is 9.36 Å². The molecule has 0 radical (unpaired) electrons. The average Bonchev–Trinajstić information content (AvgIpc) is 2.70. The van der Waals surface area contributed by atoms with E-state index < -0.39 is 0 Å². The van der Waals surface area contributed by atoms with Crippen molar-refractivity contribution in [1.82, 2.24) is 5.32 Å². The molecule has 5 heteroatoms. The molecule has 1 N–H and O–H groups in total. The summed E-state index contributed by atoms with van der Waals surface area (Å²) in [6.07, 6.45) is 0. The van der Waals surface area contributed by atoms with E-state index in [1.54, 1.807) is 12.1 Å². The minimum atomic E-state index is -0.384. The zero-order valence-corrected chi connectivity index (χ0v) is 11.2. The second kappa shape index (κ2) is 5.83. The maximum atomic E-state index is 13.2. The number of hydrogen-bond acceptors (Lipinski definition) is 2. The summed E-state index contributed by atoms with van der Waals surface area (Å²) in [4.78, 5) is 1.16. The Morgan fingerprint density at radius 2 is 1.94 bits per heavy atom. The van der Waals surface area contributed by atoms with Crippen LogP contribution in [-0.2, 0) is 13.1 Å². The summed E-state index contributed by atoms with van der Waals surface area (Å²) >= 11 is 13.0. The minimum absolute atomic E-state index is 0.152. The molecular formula is C12H10Cl2FNS. The Hall–Kier alpha value is -0.610. The van der Waals surface area contributed by atoms with Crippen LogP contribution >= 0.6 is 34.5 Å². The lowest BCUT2D eigenvalue weighted by molar-refractivity contribution is 0.621. The van der Waals surface area contributed by atoms with Crippen molar-refractivity contribution in [2.24, 2.45) is 0 Å². The number of thiophene rings is 1. The van der Waals surface area contributed by atoms with Gasteiger partial charge in [-0.15, -0.1) is 11.3 Å². The van der Waals surface area contributed by atoms with E-state index in [1.807, 2.05) is 12.1 Å². The van der Waals surface area contributed by atoms with Gasteiger partial charge in [0.1, 0.15) is 5.82 Å². The summed E-state index contributed by atoms with van der Waals surface area (Å²) in [6.45, 7) is 1.32. The predicted molar refractivity (Wildman–Crippen MR) is 71.3 cm³/mol. The molecule has 0 spiro atoms. The molecule has 0 saturated heterocycles. The zero-order chi connectivity index (χ0) is 12.3. The molecule has 17 heavy (non-hydrogen) atoms. The van der Waals surface area contributed by atoms with E-state index in [4.69, 9.17) is 23.2 Å². The minimum Gasteiger partial charge on any atom is -0.308 e. The van der Waals surface area contributed by atoms with Crippen LogP contribution in [0.15, 0.2) is 30.3 Å². The lowest BCUT2D eigenvalue weighted by atomic mass is 10.2. The van der Waals surface area contributed by atoms with Crippen LogP contribution in [0.3, 0.4) is 0 Å². The molecule has 1 aromatic heterocycles. The van der Waals surface area contributed by atoms with Crippen molar-refractivity contribution in [3.8, 4) is 0 Å². The van der Waals surface area contributed by atoms with Crippen LogP contribution in [0.25, 0.3) is 0 Å². The first kappa shape index (κ1) is 12.8. The molecule has 1 nitrogen and oxygen atoms in total. The maximum Gasteiger partial charge on any atom is 0.142 e. The summed E-state index contributed by atoms with van der Waals surface area (Å²) < 4.78 is 13.9. The molecule has 0 amide bonds. The van der Waals surface area contributed by atoms with E-state index >= 15 is 0 Å². The summed E-state index contributed by atoms with van der Waals surface area (Å²) in [5.41, 5.74) is 0.870. The highest BCUT2D eigenvalue weighted by Crippen LogP contribution is 2.21. The van der Waals surface area contributed by atoms with Crippen molar-refractivity contribution < 1.29 is 4.39 Å². The van der Waals surface area contributed by atoms with E-state index in [0.29, 0.717) is 6.54 Å². The second-order valence-corrected chi connectivity index (χ2v) is 5.76. The lowest BCUT2D eigenvalue weighted by Gasteiger charge is -2.04. The van der Waals surface area contributed by atoms with Crippen molar-refractivity contribution in [2.75, 3.05) is 0 Å². The highest BCUT2D eigenvalue weighted by atomic mass is 35.5. The van der Waals surface area contributed by atoms with Crippen LogP contribution in [0.4, 0.5) is 4.39 Å². The normalized spacial score (nSPS) is 10.8. The molecule has 0 bridgehead atoms. The molecule has 90 valence electrons. The fraction of sp³-hybridized carbons (Fsp3) is 0.167. The fourth-order valence-electron chi connectivity index (χ4n) is 1.43. The van der Waals surface area contributed by atoms with E-state index in [9.17, 15) is 4.39 Å². The molecule has 2 aromatic rings. The largest absolute Gasteiger partial charge is 0.308 e. The van der Waals surface area contributed by atoms with Gasteiger partial charge in [0.05, 0.1) is 9.36 Å². The lowest BCUT2D eigenvalue weighted by Crippen LogP contribution is -2.11. The van der Waals surface area contributed by atoms with E-state index in [0.717, 1.165) is 21.3 Å². The monoisotopic (exact) mass is 289 g/mol. The number of nitrogens with one attached hydrogen (secondary N) is 1. The first-order valence-corrected chi connectivity index (χ1v) is 6.61. The Morgan fingerprint density at radius 3 is 2.59 bits per heavy atom. The van der Waals surface area contributed by atoms with Crippen LogP contribution in [0.1, 0.15) is 10.4 Å². The molecule has 0 aliphatic rings. The summed E-state index contributed by atoms with van der Waals surface area (Å²) in [5, 5.41) is 3.37. The third-order valence-corrected chi connectivity index (χ3v) is 3.78. The van der Waals surface area contributed by atoms with Crippen LogP contribution in [-0.4, -0.2) is 0 Å². The second-order valence-electron chi connectivity index (χ2n) is 3.56. The molecule has 0 aliphatic carbocycles. The smallest absolute Gasteiger partial charge is 0.142 e. The number of benzene rings is 1. The van der Waals surface area contributed by atoms with Crippen molar-refractivity contribution in [2.45, 2.75) is 13.1 Å². The SMILES string of the molecule is Fc1cc(CNCc2ccc(Cl)s2)ccc1Cl. The Bertz CT molecular complexity index is 513. The standard InChI is InChI=1S/C12H10Cl2FNS/c13-10-3-1-8(5-11(10)15)6-16-7-9-2-4-12(14)17-9/h1-5,16H,6-7H2. The Kier molecular flexibility index (Phi) is 4.40. The average molecular weight is 290 g/mol. The first-order valence-electron chi connectivity index (χ1n) is 5.04. The van der Waals surface area contributed by atoms with E-state index in [2.05, 4.69) is 5.32 Å². The van der Waals surface area contributed by atoms with Gasteiger partial charge in [0.2, 0.25) is 0 Å². The topological polar surface area (TPSA) is 12.0 Å². The highest BCUT2D eigenvalue weighted by molar-refractivity contribution is 7.16. The third kappa shape index (κ3) is 3.68. The van der Waals surface area contributed by atoms with Gasteiger partial charge in [-0.25, -0.2) is 4.39 Å². The maximum absolute atomic E-state index is 13.2. The molecule has 0 aliphatic heterocycles. The van der Waals surface area contributed by atoms with Crippen molar-refractivity contribution in [3.63, 3.8) is 0 Å². The number of rotatable bonds is 4. The Balaban J connectivity index is 1.87. The molecule has 1 heterocycles. The van der Waals surface area contributed by atoms with E-state index in [-0.39, 0.29) is 10.8 Å². The van der Waals surface area contributed by atoms with Gasteiger partial charge in [-0.05, 0) is 29.8 Å². The molecule has 0 atom stereocenters. The van der Waals surface area contributed by atoms with Gasteiger partial charge in [-0.1, -0.05) is 29.3 Å². The predicted octanol–water partition coefficient (Wildman–Crippen LogP) is 4.48. The number of hydrogen-bond donors (Lipinski definition) is 1. The molecule has 0 saturated carbocycles. The van der Waals surface area contributed by atoms with Gasteiger partial charge < -0.3 is 5.32 Å². The Labute approximate surface area is 113 Å². The number of halogens is 3.